The monoisotopic (exact) mass is 166 g/mol. The van der Waals surface area contributed by atoms with Crippen molar-refractivity contribution in [3.05, 3.63) is 0 Å². The number of rotatable bonds is 0. The molecule has 12 heavy (non-hydrogen) atoms. The highest BCUT2D eigenvalue weighted by Gasteiger charge is 2.05. The van der Waals surface area contributed by atoms with Gasteiger partial charge in [-0.25, -0.2) is 0 Å². The van der Waals surface area contributed by atoms with Gasteiger partial charge in [-0.2, -0.15) is 19.5 Å². The first-order valence-corrected chi connectivity index (χ1v) is 3.08. The van der Waals surface area contributed by atoms with Crippen molar-refractivity contribution in [2.24, 2.45) is 0 Å². The maximum Gasteiger partial charge on any atom is 0.260 e. The summed E-state index contributed by atoms with van der Waals surface area (Å²) in [5.41, 5.74) is 16.1. The lowest BCUT2D eigenvalue weighted by atomic mass is 10.9. The standard InChI is InChI=1S/C4H6N8/c5-1-8-3(7)12-4(9-1)10-2(6)11-12/h(H6,5,6,7,8,9,10,11). The van der Waals surface area contributed by atoms with Gasteiger partial charge in [0.05, 0.1) is 0 Å². The molecule has 0 atom stereocenters. The van der Waals surface area contributed by atoms with Crippen LogP contribution in [0.2, 0.25) is 0 Å². The van der Waals surface area contributed by atoms with E-state index in [4.69, 9.17) is 17.2 Å². The molecule has 0 amide bonds. The summed E-state index contributed by atoms with van der Waals surface area (Å²) < 4.78 is 1.21. The normalized spacial score (nSPS) is 10.7. The molecule has 8 heteroatoms. The Morgan fingerprint density at radius 2 is 1.58 bits per heavy atom. The van der Waals surface area contributed by atoms with Crippen LogP contribution in [0.3, 0.4) is 0 Å². The summed E-state index contributed by atoms with van der Waals surface area (Å²) in [6.07, 6.45) is 0. The molecule has 0 radical (unpaired) electrons. The number of nitrogens with zero attached hydrogens (tertiary/aromatic N) is 5. The van der Waals surface area contributed by atoms with E-state index in [0.717, 1.165) is 0 Å². The van der Waals surface area contributed by atoms with E-state index in [2.05, 4.69) is 20.1 Å². The van der Waals surface area contributed by atoms with Crippen LogP contribution in [-0.2, 0) is 0 Å². The molecule has 2 rings (SSSR count). The van der Waals surface area contributed by atoms with Crippen molar-refractivity contribution < 1.29 is 0 Å². The highest BCUT2D eigenvalue weighted by Crippen LogP contribution is 2.04. The Bertz CT molecular complexity index is 430. The van der Waals surface area contributed by atoms with Gasteiger partial charge in [-0.05, 0) is 0 Å². The molecule has 0 saturated carbocycles. The number of hydrogen-bond donors (Lipinski definition) is 3. The molecule has 6 N–H and O–H groups in total. The molecule has 0 saturated heterocycles. The van der Waals surface area contributed by atoms with Crippen LogP contribution in [0.25, 0.3) is 5.78 Å². The Morgan fingerprint density at radius 3 is 2.33 bits per heavy atom. The summed E-state index contributed by atoms with van der Waals surface area (Å²) in [6.45, 7) is 0. The molecular formula is C4H6N8. The van der Waals surface area contributed by atoms with Crippen LogP contribution in [0, 0.1) is 0 Å². The van der Waals surface area contributed by atoms with Crippen molar-refractivity contribution in [1.29, 1.82) is 0 Å². The SMILES string of the molecule is Nc1nc(N)n2nc(N)nc2n1. The van der Waals surface area contributed by atoms with E-state index in [1.807, 2.05) is 0 Å². The summed E-state index contributed by atoms with van der Waals surface area (Å²) in [7, 11) is 0. The van der Waals surface area contributed by atoms with Gasteiger partial charge in [0, 0.05) is 0 Å². The number of fused-ring (bicyclic) bond motifs is 1. The van der Waals surface area contributed by atoms with Crippen LogP contribution in [0.1, 0.15) is 0 Å². The summed E-state index contributed by atoms with van der Waals surface area (Å²) in [5, 5.41) is 3.73. The highest BCUT2D eigenvalue weighted by molar-refractivity contribution is 5.43. The zero-order valence-corrected chi connectivity index (χ0v) is 5.97. The Morgan fingerprint density at radius 1 is 0.917 bits per heavy atom. The highest BCUT2D eigenvalue weighted by atomic mass is 15.4. The van der Waals surface area contributed by atoms with Crippen molar-refractivity contribution in [3.8, 4) is 0 Å². The minimum absolute atomic E-state index is 0.0485. The Kier molecular flexibility index (Phi) is 1.06. The van der Waals surface area contributed by atoms with E-state index in [9.17, 15) is 0 Å². The third-order valence-electron chi connectivity index (χ3n) is 1.27. The Hall–Kier alpha value is -2.12. The zero-order valence-electron chi connectivity index (χ0n) is 5.97. The fourth-order valence-electron chi connectivity index (χ4n) is 0.838. The van der Waals surface area contributed by atoms with E-state index in [-0.39, 0.29) is 23.6 Å². The number of nitrogens with two attached hydrogens (primary N) is 3. The molecule has 0 spiro atoms. The van der Waals surface area contributed by atoms with Gasteiger partial charge in [-0.1, -0.05) is 0 Å². The van der Waals surface area contributed by atoms with Crippen molar-refractivity contribution in [3.63, 3.8) is 0 Å². The molecule has 0 bridgehead atoms. The molecule has 8 nitrogen and oxygen atoms in total. The molecule has 2 aromatic rings. The summed E-state index contributed by atoms with van der Waals surface area (Å²) in [5.74, 6) is 0.494. The fraction of sp³-hybridized carbons (Fsp3) is 0. The van der Waals surface area contributed by atoms with Crippen LogP contribution < -0.4 is 17.2 Å². The van der Waals surface area contributed by atoms with E-state index in [0.29, 0.717) is 0 Å². The van der Waals surface area contributed by atoms with Crippen LogP contribution >= 0.6 is 0 Å². The first-order valence-electron chi connectivity index (χ1n) is 3.08. The fourth-order valence-corrected chi connectivity index (χ4v) is 0.838. The first kappa shape index (κ1) is 6.58. The lowest BCUT2D eigenvalue weighted by molar-refractivity contribution is 0.918. The van der Waals surface area contributed by atoms with Gasteiger partial charge in [0.25, 0.3) is 5.78 Å². The molecule has 0 aliphatic rings. The molecule has 0 aliphatic carbocycles. The minimum Gasteiger partial charge on any atom is -0.368 e. The predicted molar refractivity (Wildman–Crippen MR) is 41.8 cm³/mol. The van der Waals surface area contributed by atoms with Crippen LogP contribution in [0.4, 0.5) is 17.8 Å². The van der Waals surface area contributed by atoms with Crippen molar-refractivity contribution in [2.75, 3.05) is 17.2 Å². The van der Waals surface area contributed by atoms with Crippen molar-refractivity contribution in [2.45, 2.75) is 0 Å². The average Bonchev–Trinajstić information content (AvgIpc) is 2.29. The quantitative estimate of drug-likeness (QED) is 0.423. The summed E-state index contributed by atoms with van der Waals surface area (Å²) in [4.78, 5) is 11.2. The van der Waals surface area contributed by atoms with Gasteiger partial charge in [0.2, 0.25) is 17.8 Å². The van der Waals surface area contributed by atoms with E-state index >= 15 is 0 Å². The molecular weight excluding hydrogens is 160 g/mol. The number of anilines is 3. The van der Waals surface area contributed by atoms with Gasteiger partial charge < -0.3 is 17.2 Å². The third-order valence-corrected chi connectivity index (χ3v) is 1.27. The maximum atomic E-state index is 5.44. The zero-order chi connectivity index (χ0) is 8.72. The van der Waals surface area contributed by atoms with E-state index < -0.39 is 0 Å². The smallest absolute Gasteiger partial charge is 0.260 e. The van der Waals surface area contributed by atoms with Crippen LogP contribution in [0.15, 0.2) is 0 Å². The van der Waals surface area contributed by atoms with Crippen molar-refractivity contribution in [1.82, 2.24) is 24.6 Å². The molecule has 2 aromatic heterocycles. The number of aromatic nitrogens is 5. The van der Waals surface area contributed by atoms with E-state index in [1.54, 1.807) is 0 Å². The molecule has 2 heterocycles. The minimum atomic E-state index is 0.0485. The molecule has 0 aliphatic heterocycles. The second kappa shape index (κ2) is 1.94. The first-order chi connectivity index (χ1) is 5.66. The molecule has 0 fully saturated rings. The lowest BCUT2D eigenvalue weighted by Crippen LogP contribution is -2.07. The molecule has 62 valence electrons. The van der Waals surface area contributed by atoms with Gasteiger partial charge in [0.15, 0.2) is 0 Å². The van der Waals surface area contributed by atoms with Crippen LogP contribution in [-0.4, -0.2) is 24.6 Å². The van der Waals surface area contributed by atoms with Crippen LogP contribution in [0.5, 0.6) is 0 Å². The largest absolute Gasteiger partial charge is 0.368 e. The Balaban J connectivity index is 2.88. The third kappa shape index (κ3) is 0.779. The topological polar surface area (TPSA) is 134 Å². The van der Waals surface area contributed by atoms with E-state index in [1.165, 1.54) is 4.52 Å². The second-order valence-electron chi connectivity index (χ2n) is 2.12. The summed E-state index contributed by atoms with van der Waals surface area (Å²) >= 11 is 0. The van der Waals surface area contributed by atoms with Gasteiger partial charge >= 0.3 is 0 Å². The summed E-state index contributed by atoms with van der Waals surface area (Å²) in [6, 6.07) is 0. The number of hydrogen-bond acceptors (Lipinski definition) is 7. The van der Waals surface area contributed by atoms with Gasteiger partial charge in [-0.15, -0.1) is 5.10 Å². The lowest BCUT2D eigenvalue weighted by Gasteiger charge is -1.95. The molecule has 0 unspecified atom stereocenters. The second-order valence-corrected chi connectivity index (χ2v) is 2.12. The average molecular weight is 166 g/mol. The maximum absolute atomic E-state index is 5.44. The molecule has 0 aromatic carbocycles. The van der Waals surface area contributed by atoms with Gasteiger partial charge in [-0.3, -0.25) is 0 Å². The number of nitrogen functional groups attached to an aromatic ring is 3. The Labute approximate surface area is 66.4 Å². The van der Waals surface area contributed by atoms with Gasteiger partial charge in [0.1, 0.15) is 0 Å². The predicted octanol–water partition coefficient (Wildman–Crippen LogP) is -1.73. The van der Waals surface area contributed by atoms with Crippen molar-refractivity contribution >= 4 is 23.6 Å².